The first kappa shape index (κ1) is 15.1. The molecule has 0 bridgehead atoms. The Balaban J connectivity index is 1.67. The Labute approximate surface area is 138 Å². The van der Waals surface area contributed by atoms with Gasteiger partial charge >= 0.3 is 0 Å². The van der Waals surface area contributed by atoms with E-state index in [4.69, 9.17) is 9.97 Å². The van der Waals surface area contributed by atoms with Gasteiger partial charge in [-0.2, -0.15) is 4.98 Å². The van der Waals surface area contributed by atoms with Gasteiger partial charge in [0, 0.05) is 64.3 Å². The van der Waals surface area contributed by atoms with Gasteiger partial charge in [0.25, 0.3) is 0 Å². The molecule has 0 amide bonds. The van der Waals surface area contributed by atoms with Crippen molar-refractivity contribution in [1.29, 1.82) is 0 Å². The Morgan fingerprint density at radius 2 is 1.65 bits per heavy atom. The molecule has 4 rings (SSSR count). The highest BCUT2D eigenvalue weighted by Crippen LogP contribution is 2.28. The molecule has 2 fully saturated rings. The molecule has 3 aliphatic rings. The number of hydrogen-bond acceptors (Lipinski definition) is 6. The Kier molecular flexibility index (Phi) is 4.35. The van der Waals surface area contributed by atoms with Gasteiger partial charge in [-0.1, -0.05) is 0 Å². The standard InChI is InChI=1S/C17H28N6/c1-21-9-11-23(12-10-21)17-19-15-5-6-18-13-14(15)16(20-17)22-7-3-2-4-8-22/h18H,2-13H2,1H3. The number of piperazine rings is 1. The summed E-state index contributed by atoms with van der Waals surface area (Å²) in [4.78, 5) is 17.2. The van der Waals surface area contributed by atoms with E-state index in [1.165, 1.54) is 36.3 Å². The Hall–Kier alpha value is -1.40. The number of hydrogen-bond donors (Lipinski definition) is 1. The predicted octanol–water partition coefficient (Wildman–Crippen LogP) is 0.864. The lowest BCUT2D eigenvalue weighted by Crippen LogP contribution is -2.45. The van der Waals surface area contributed by atoms with E-state index < -0.39 is 0 Å². The second-order valence-corrected chi connectivity index (χ2v) is 7.04. The number of fused-ring (bicyclic) bond motifs is 1. The molecule has 0 aliphatic carbocycles. The van der Waals surface area contributed by atoms with Crippen molar-refractivity contribution < 1.29 is 0 Å². The van der Waals surface area contributed by atoms with Gasteiger partial charge in [-0.05, 0) is 26.3 Å². The molecule has 126 valence electrons. The van der Waals surface area contributed by atoms with Gasteiger partial charge in [-0.3, -0.25) is 0 Å². The zero-order valence-corrected chi connectivity index (χ0v) is 14.2. The summed E-state index contributed by atoms with van der Waals surface area (Å²) in [5.74, 6) is 2.16. The van der Waals surface area contributed by atoms with E-state index in [1.54, 1.807) is 0 Å². The summed E-state index contributed by atoms with van der Waals surface area (Å²) in [6, 6.07) is 0. The van der Waals surface area contributed by atoms with Crippen LogP contribution in [0.2, 0.25) is 0 Å². The molecule has 23 heavy (non-hydrogen) atoms. The third kappa shape index (κ3) is 3.15. The van der Waals surface area contributed by atoms with Crippen LogP contribution in [0.15, 0.2) is 0 Å². The van der Waals surface area contributed by atoms with Gasteiger partial charge in [-0.25, -0.2) is 4.98 Å². The number of aromatic nitrogens is 2. The molecule has 0 radical (unpaired) electrons. The predicted molar refractivity (Wildman–Crippen MR) is 93.2 cm³/mol. The molecule has 2 saturated heterocycles. The lowest BCUT2D eigenvalue weighted by atomic mass is 10.1. The lowest BCUT2D eigenvalue weighted by molar-refractivity contribution is 0.311. The molecule has 0 saturated carbocycles. The van der Waals surface area contributed by atoms with Gasteiger partial charge in [0.15, 0.2) is 0 Å². The summed E-state index contributed by atoms with van der Waals surface area (Å²) in [6.45, 7) is 8.51. The van der Waals surface area contributed by atoms with Crippen LogP contribution in [0, 0.1) is 0 Å². The van der Waals surface area contributed by atoms with E-state index in [0.29, 0.717) is 0 Å². The van der Waals surface area contributed by atoms with Crippen molar-refractivity contribution in [2.45, 2.75) is 32.2 Å². The van der Waals surface area contributed by atoms with Crippen molar-refractivity contribution in [3.8, 4) is 0 Å². The van der Waals surface area contributed by atoms with E-state index in [1.807, 2.05) is 0 Å². The van der Waals surface area contributed by atoms with Crippen LogP contribution in [0.5, 0.6) is 0 Å². The van der Waals surface area contributed by atoms with E-state index in [0.717, 1.165) is 64.7 Å². The Morgan fingerprint density at radius 3 is 2.43 bits per heavy atom. The molecule has 1 aromatic heterocycles. The lowest BCUT2D eigenvalue weighted by Gasteiger charge is -2.35. The fourth-order valence-electron chi connectivity index (χ4n) is 3.83. The van der Waals surface area contributed by atoms with Gasteiger partial charge in [0.05, 0.1) is 5.69 Å². The van der Waals surface area contributed by atoms with Crippen LogP contribution in [0.1, 0.15) is 30.5 Å². The summed E-state index contributed by atoms with van der Waals surface area (Å²) < 4.78 is 0. The van der Waals surface area contributed by atoms with Crippen LogP contribution >= 0.6 is 0 Å². The summed E-state index contributed by atoms with van der Waals surface area (Å²) in [5, 5.41) is 3.50. The van der Waals surface area contributed by atoms with Gasteiger partial charge in [0.2, 0.25) is 5.95 Å². The molecule has 4 heterocycles. The minimum atomic E-state index is 0.921. The minimum Gasteiger partial charge on any atom is -0.356 e. The highest BCUT2D eigenvalue weighted by atomic mass is 15.3. The Bertz CT molecular complexity index is 546. The van der Waals surface area contributed by atoms with Gasteiger partial charge in [-0.15, -0.1) is 0 Å². The second kappa shape index (κ2) is 6.61. The molecule has 0 spiro atoms. The van der Waals surface area contributed by atoms with Crippen molar-refractivity contribution in [3.63, 3.8) is 0 Å². The molecule has 6 nitrogen and oxygen atoms in total. The summed E-state index contributed by atoms with van der Waals surface area (Å²) in [7, 11) is 2.19. The molecule has 1 aromatic rings. The number of nitrogens with zero attached hydrogens (tertiary/aromatic N) is 5. The van der Waals surface area contributed by atoms with E-state index in [-0.39, 0.29) is 0 Å². The summed E-state index contributed by atoms with van der Waals surface area (Å²) in [5.41, 5.74) is 2.62. The molecule has 0 unspecified atom stereocenters. The third-order valence-corrected chi connectivity index (χ3v) is 5.34. The van der Waals surface area contributed by atoms with E-state index in [2.05, 4.69) is 27.1 Å². The second-order valence-electron chi connectivity index (χ2n) is 7.04. The largest absolute Gasteiger partial charge is 0.356 e. The van der Waals surface area contributed by atoms with Crippen LogP contribution in [-0.2, 0) is 13.0 Å². The fourth-order valence-corrected chi connectivity index (χ4v) is 3.83. The van der Waals surface area contributed by atoms with Gasteiger partial charge < -0.3 is 20.0 Å². The van der Waals surface area contributed by atoms with Gasteiger partial charge in [0.1, 0.15) is 5.82 Å². The van der Waals surface area contributed by atoms with Crippen molar-refractivity contribution in [1.82, 2.24) is 20.2 Å². The molecule has 1 N–H and O–H groups in total. The maximum absolute atomic E-state index is 5.04. The first-order valence-corrected chi connectivity index (χ1v) is 9.10. The molecular formula is C17H28N6. The number of rotatable bonds is 2. The maximum atomic E-state index is 5.04. The quantitative estimate of drug-likeness (QED) is 0.873. The van der Waals surface area contributed by atoms with Crippen LogP contribution in [0.25, 0.3) is 0 Å². The number of piperidine rings is 1. The van der Waals surface area contributed by atoms with Crippen molar-refractivity contribution in [2.24, 2.45) is 0 Å². The third-order valence-electron chi connectivity index (χ3n) is 5.34. The molecule has 3 aliphatic heterocycles. The monoisotopic (exact) mass is 316 g/mol. The maximum Gasteiger partial charge on any atom is 0.227 e. The highest BCUT2D eigenvalue weighted by Gasteiger charge is 2.25. The number of anilines is 2. The first-order chi connectivity index (χ1) is 11.3. The zero-order valence-electron chi connectivity index (χ0n) is 14.2. The van der Waals surface area contributed by atoms with Crippen molar-refractivity contribution >= 4 is 11.8 Å². The van der Waals surface area contributed by atoms with Crippen LogP contribution in [0.4, 0.5) is 11.8 Å². The molecule has 0 atom stereocenters. The Morgan fingerprint density at radius 1 is 0.870 bits per heavy atom. The SMILES string of the molecule is CN1CCN(c2nc3c(c(N4CCCCC4)n2)CNCC3)CC1. The fraction of sp³-hybridized carbons (Fsp3) is 0.765. The summed E-state index contributed by atoms with van der Waals surface area (Å²) >= 11 is 0. The van der Waals surface area contributed by atoms with Crippen LogP contribution in [-0.4, -0.2) is 67.7 Å². The average molecular weight is 316 g/mol. The van der Waals surface area contributed by atoms with Crippen molar-refractivity contribution in [3.05, 3.63) is 11.3 Å². The minimum absolute atomic E-state index is 0.921. The normalized spacial score (nSPS) is 23.0. The smallest absolute Gasteiger partial charge is 0.227 e. The first-order valence-electron chi connectivity index (χ1n) is 9.10. The van der Waals surface area contributed by atoms with E-state index >= 15 is 0 Å². The highest BCUT2D eigenvalue weighted by molar-refractivity contribution is 5.54. The topological polar surface area (TPSA) is 47.5 Å². The molecule has 6 heteroatoms. The van der Waals surface area contributed by atoms with Crippen LogP contribution < -0.4 is 15.1 Å². The summed E-state index contributed by atoms with van der Waals surface area (Å²) in [6.07, 6.45) is 4.96. The zero-order chi connectivity index (χ0) is 15.6. The van der Waals surface area contributed by atoms with Crippen LogP contribution in [0.3, 0.4) is 0 Å². The average Bonchev–Trinajstić information content (AvgIpc) is 2.62. The molecular weight excluding hydrogens is 288 g/mol. The molecule has 0 aromatic carbocycles. The number of likely N-dealkylation sites (N-methyl/N-ethyl adjacent to an activating group) is 1. The number of nitrogens with one attached hydrogen (secondary N) is 1. The van der Waals surface area contributed by atoms with E-state index in [9.17, 15) is 0 Å². The van der Waals surface area contributed by atoms with Crippen molar-refractivity contribution in [2.75, 3.05) is 62.7 Å².